The molecule has 0 bridgehead atoms. The number of nitrogen functional groups attached to an aromatic ring is 1. The van der Waals surface area contributed by atoms with Crippen LogP contribution >= 0.6 is 46.8 Å². The van der Waals surface area contributed by atoms with Crippen molar-refractivity contribution in [2.75, 3.05) is 23.8 Å². The number of nitrogens with two attached hydrogens (primary N) is 2. The van der Waals surface area contributed by atoms with E-state index in [1.165, 1.54) is 23.5 Å². The fourth-order valence-electron chi connectivity index (χ4n) is 4.00. The average Bonchev–Trinajstić information content (AvgIpc) is 3.41. The highest BCUT2D eigenvalue weighted by atomic mass is 32.2. The Bertz CT molecular complexity index is 1470. The average molecular weight is 668 g/mol. The minimum Gasteiger partial charge on any atom is -0.477 e. The van der Waals surface area contributed by atoms with Crippen molar-refractivity contribution in [2.24, 2.45) is 16.8 Å². The fourth-order valence-corrected chi connectivity index (χ4v) is 7.91. The molecule has 0 unspecified atom stereocenters. The number of aromatic nitrogens is 3. The Hall–Kier alpha value is -3.39. The van der Waals surface area contributed by atoms with Gasteiger partial charge in [-0.05, 0) is 18.1 Å². The van der Waals surface area contributed by atoms with Gasteiger partial charge in [0.1, 0.15) is 17.1 Å². The summed E-state index contributed by atoms with van der Waals surface area (Å²) in [4.78, 5) is 60.8. The lowest BCUT2D eigenvalue weighted by atomic mass is 10.0. The van der Waals surface area contributed by atoms with E-state index in [9.17, 15) is 29.5 Å². The molecule has 0 radical (unpaired) electrons. The van der Waals surface area contributed by atoms with Gasteiger partial charge in [-0.1, -0.05) is 30.8 Å². The third-order valence-electron chi connectivity index (χ3n) is 6.28. The van der Waals surface area contributed by atoms with E-state index in [4.69, 9.17) is 11.5 Å². The number of thioether (sulfide) groups is 3. The maximum atomic E-state index is 13.1. The van der Waals surface area contributed by atoms with E-state index in [1.54, 1.807) is 24.0 Å². The predicted octanol–water partition coefficient (Wildman–Crippen LogP) is 0.515. The van der Waals surface area contributed by atoms with Crippen LogP contribution in [-0.2, 0) is 24.9 Å². The van der Waals surface area contributed by atoms with Crippen molar-refractivity contribution < 1.29 is 29.5 Å². The van der Waals surface area contributed by atoms with Crippen LogP contribution in [0.25, 0.3) is 0 Å². The lowest BCUT2D eigenvalue weighted by molar-refractivity contribution is -0.150. The van der Waals surface area contributed by atoms with E-state index in [-0.39, 0.29) is 34.2 Å². The molecule has 0 aliphatic carbocycles. The van der Waals surface area contributed by atoms with Gasteiger partial charge in [-0.2, -0.15) is 21.1 Å². The van der Waals surface area contributed by atoms with Crippen molar-refractivity contribution in [3.63, 3.8) is 0 Å². The Labute approximate surface area is 262 Å². The van der Waals surface area contributed by atoms with Crippen LogP contribution in [0.3, 0.4) is 0 Å². The summed E-state index contributed by atoms with van der Waals surface area (Å²) in [5.41, 5.74) is 11.4. The summed E-state index contributed by atoms with van der Waals surface area (Å²) < 4.78 is 3.84. The third kappa shape index (κ3) is 7.40. The number of carboxylic acids is 1. The second-order valence-electron chi connectivity index (χ2n) is 9.51. The first-order valence-corrected chi connectivity index (χ1v) is 16.6. The summed E-state index contributed by atoms with van der Waals surface area (Å²) in [6.07, 6.45) is 1.65. The molecule has 1 fully saturated rings. The number of nitrogens with one attached hydrogen (secondary N) is 2. The number of amides is 3. The Kier molecular flexibility index (Phi) is 10.9. The minimum absolute atomic E-state index is 0.0375. The highest BCUT2D eigenvalue weighted by Crippen LogP contribution is 2.45. The number of hydrogen-bond donors (Lipinski definition) is 6. The smallest absolute Gasteiger partial charge is 0.353 e. The van der Waals surface area contributed by atoms with Crippen LogP contribution in [-0.4, -0.2) is 94.5 Å². The molecule has 0 aromatic carbocycles. The highest BCUT2D eigenvalue weighted by Gasteiger charge is 2.54. The summed E-state index contributed by atoms with van der Waals surface area (Å²) in [6.45, 7) is 4.21. The topological polar surface area (TPSA) is 239 Å². The number of hydrogen-bond acceptors (Lipinski definition) is 15. The SMILES string of the molecule is CC(C)[C@H](N)C(=O)NCCSCc1ncccc1SC1=C(C(=O)O)N2C(=O)[C@@H](NC(=O)/C(=N\O)c3nsc(N)n3)[C@@H]2SC1. The molecule has 0 saturated carbocycles. The highest BCUT2D eigenvalue weighted by molar-refractivity contribution is 8.06. The van der Waals surface area contributed by atoms with Gasteiger partial charge in [-0.25, -0.2) is 4.79 Å². The van der Waals surface area contributed by atoms with Crippen molar-refractivity contribution >= 4 is 81.4 Å². The Morgan fingerprint density at radius 3 is 2.74 bits per heavy atom. The van der Waals surface area contributed by atoms with Gasteiger partial charge in [0.05, 0.1) is 11.7 Å². The fraction of sp³-hybridized carbons (Fsp3) is 0.417. The molecule has 230 valence electrons. The molecular formula is C24H29N9O6S4. The number of carboxylic acid groups (broad SMARTS) is 1. The van der Waals surface area contributed by atoms with Crippen LogP contribution < -0.4 is 22.1 Å². The molecule has 2 aliphatic heterocycles. The molecule has 3 atom stereocenters. The van der Waals surface area contributed by atoms with Gasteiger partial charge in [-0.15, -0.1) is 11.8 Å². The van der Waals surface area contributed by atoms with E-state index in [0.717, 1.165) is 27.0 Å². The monoisotopic (exact) mass is 667 g/mol. The Morgan fingerprint density at radius 1 is 1.33 bits per heavy atom. The molecule has 8 N–H and O–H groups in total. The first-order chi connectivity index (χ1) is 20.5. The number of fused-ring (bicyclic) bond motifs is 1. The van der Waals surface area contributed by atoms with Crippen molar-refractivity contribution in [1.29, 1.82) is 0 Å². The normalized spacial score (nSPS) is 19.1. The quantitative estimate of drug-likeness (QED) is 0.0561. The van der Waals surface area contributed by atoms with Crippen LogP contribution in [0.5, 0.6) is 0 Å². The number of β-lactam (4-membered cyclic amide) rings is 1. The van der Waals surface area contributed by atoms with E-state index >= 15 is 0 Å². The molecule has 2 aliphatic rings. The van der Waals surface area contributed by atoms with E-state index < -0.39 is 41.0 Å². The number of anilines is 1. The molecule has 3 amide bonds. The largest absolute Gasteiger partial charge is 0.477 e. The number of carbonyl (C=O) groups is 4. The number of pyridine rings is 1. The van der Waals surface area contributed by atoms with Crippen molar-refractivity contribution in [1.82, 2.24) is 29.9 Å². The number of carbonyl (C=O) groups excluding carboxylic acids is 3. The zero-order chi connectivity index (χ0) is 31.3. The summed E-state index contributed by atoms with van der Waals surface area (Å²) in [7, 11) is 0. The van der Waals surface area contributed by atoms with Gasteiger partial charge in [0.25, 0.3) is 11.8 Å². The van der Waals surface area contributed by atoms with E-state index in [0.29, 0.717) is 23.0 Å². The van der Waals surface area contributed by atoms with Gasteiger partial charge in [0.2, 0.25) is 17.4 Å². The number of rotatable bonds is 13. The lowest BCUT2D eigenvalue weighted by Gasteiger charge is -2.49. The first-order valence-electron chi connectivity index (χ1n) is 12.8. The molecule has 2 aromatic rings. The van der Waals surface area contributed by atoms with Gasteiger partial charge in [-0.3, -0.25) is 24.3 Å². The van der Waals surface area contributed by atoms with E-state index in [2.05, 4.69) is 30.1 Å². The van der Waals surface area contributed by atoms with Crippen LogP contribution in [0.15, 0.2) is 39.0 Å². The minimum atomic E-state index is -1.28. The first kappa shape index (κ1) is 32.5. The summed E-state index contributed by atoms with van der Waals surface area (Å²) >= 11 is 4.88. The van der Waals surface area contributed by atoms with Gasteiger partial charge in [0.15, 0.2) is 5.13 Å². The zero-order valence-corrected chi connectivity index (χ0v) is 26.2. The molecule has 4 heterocycles. The number of aliphatic carboxylic acids is 1. The lowest BCUT2D eigenvalue weighted by Crippen LogP contribution is -2.71. The predicted molar refractivity (Wildman–Crippen MR) is 164 cm³/mol. The van der Waals surface area contributed by atoms with Crippen molar-refractivity contribution in [3.8, 4) is 0 Å². The van der Waals surface area contributed by atoms with Crippen LogP contribution in [0.2, 0.25) is 0 Å². The molecule has 2 aromatic heterocycles. The second kappa shape index (κ2) is 14.4. The van der Waals surface area contributed by atoms with Gasteiger partial charge >= 0.3 is 5.97 Å². The molecule has 4 rings (SSSR count). The standard InChI is InChI=1S/C24H29N9O6S4/c1-10(2)14(25)19(34)28-6-7-40-8-11-12(4-3-5-27-11)42-13-9-41-22-16(21(36)33(22)17(13)23(37)38)29-20(35)15(31-39)18-30-24(26)43-32-18/h3-5,10,14,16,22,39H,6-9,25H2,1-2H3,(H,28,34)(H,29,35)(H,37,38)(H2,26,30,32)/b31-15-/t14-,16+,22-/m0/s1. The van der Waals surface area contributed by atoms with Crippen LogP contribution in [0, 0.1) is 5.92 Å². The zero-order valence-electron chi connectivity index (χ0n) is 22.9. The number of oxime groups is 1. The second-order valence-corrected chi connectivity index (χ2v) is 13.6. The maximum absolute atomic E-state index is 13.1. The Balaban J connectivity index is 1.40. The van der Waals surface area contributed by atoms with Crippen LogP contribution in [0.1, 0.15) is 25.4 Å². The molecular weight excluding hydrogens is 639 g/mol. The summed E-state index contributed by atoms with van der Waals surface area (Å²) in [5.74, 6) is -1.74. The third-order valence-corrected chi connectivity index (χ3v) is 10.4. The summed E-state index contributed by atoms with van der Waals surface area (Å²) in [6, 6.07) is 1.96. The van der Waals surface area contributed by atoms with Crippen molar-refractivity contribution in [2.45, 2.75) is 42.0 Å². The Morgan fingerprint density at radius 2 is 2.09 bits per heavy atom. The van der Waals surface area contributed by atoms with Gasteiger partial charge in [0, 0.05) is 51.3 Å². The van der Waals surface area contributed by atoms with E-state index in [1.807, 2.05) is 19.9 Å². The molecule has 15 nitrogen and oxygen atoms in total. The molecule has 19 heteroatoms. The summed E-state index contributed by atoms with van der Waals surface area (Å²) in [5, 5.41) is 27.0. The van der Waals surface area contributed by atoms with Crippen molar-refractivity contribution in [3.05, 3.63) is 40.5 Å². The van der Waals surface area contributed by atoms with Crippen LogP contribution in [0.4, 0.5) is 5.13 Å². The number of nitrogens with zero attached hydrogens (tertiary/aromatic N) is 5. The maximum Gasteiger partial charge on any atom is 0.353 e. The molecule has 43 heavy (non-hydrogen) atoms. The van der Waals surface area contributed by atoms with Gasteiger partial charge < -0.3 is 32.4 Å². The molecule has 0 spiro atoms. The molecule has 1 saturated heterocycles.